The standard InChI is InChI=1S/C8H6ClN3O.ClH/c1-5-2-3-10-7-6(5)4-12(13)8(9)11-7;/h2-4H,1H3;1H. The van der Waals surface area contributed by atoms with Crippen LogP contribution in [0, 0.1) is 12.1 Å². The number of hydrogen-bond acceptors (Lipinski definition) is 3. The summed E-state index contributed by atoms with van der Waals surface area (Å²) in [7, 11) is 0. The van der Waals surface area contributed by atoms with Gasteiger partial charge in [-0.25, -0.2) is 9.71 Å². The number of rotatable bonds is 0. The number of pyridine rings is 1. The van der Waals surface area contributed by atoms with E-state index in [1.165, 1.54) is 6.20 Å². The third-order valence-corrected chi connectivity index (χ3v) is 2.06. The molecule has 6 heteroatoms. The van der Waals surface area contributed by atoms with Crippen molar-refractivity contribution in [1.29, 1.82) is 0 Å². The summed E-state index contributed by atoms with van der Waals surface area (Å²) >= 11 is 5.54. The van der Waals surface area contributed by atoms with Gasteiger partial charge < -0.3 is 5.21 Å². The Hall–Kier alpha value is -1.13. The fourth-order valence-corrected chi connectivity index (χ4v) is 1.24. The maximum atomic E-state index is 11.1. The number of hydrogen-bond donors (Lipinski definition) is 0. The molecule has 0 atom stereocenters. The van der Waals surface area contributed by atoms with Crippen molar-refractivity contribution < 1.29 is 4.73 Å². The van der Waals surface area contributed by atoms with E-state index in [9.17, 15) is 5.21 Å². The molecule has 2 heterocycles. The van der Waals surface area contributed by atoms with Crippen molar-refractivity contribution in [2.75, 3.05) is 0 Å². The molecule has 2 aromatic heterocycles. The van der Waals surface area contributed by atoms with Crippen LogP contribution in [0.15, 0.2) is 18.5 Å². The van der Waals surface area contributed by atoms with Crippen molar-refractivity contribution in [1.82, 2.24) is 9.97 Å². The van der Waals surface area contributed by atoms with Crippen LogP contribution in [0.3, 0.4) is 0 Å². The minimum Gasteiger partial charge on any atom is -0.710 e. The lowest BCUT2D eigenvalue weighted by Crippen LogP contribution is -2.28. The van der Waals surface area contributed by atoms with Gasteiger partial charge in [0.05, 0.1) is 5.39 Å². The Morgan fingerprint density at radius 2 is 2.21 bits per heavy atom. The maximum absolute atomic E-state index is 11.1. The summed E-state index contributed by atoms with van der Waals surface area (Å²) in [6.45, 7) is 1.89. The van der Waals surface area contributed by atoms with Gasteiger partial charge in [-0.15, -0.1) is 12.4 Å². The monoisotopic (exact) mass is 231 g/mol. The van der Waals surface area contributed by atoms with Crippen LogP contribution in [0.4, 0.5) is 0 Å². The zero-order valence-corrected chi connectivity index (χ0v) is 8.84. The van der Waals surface area contributed by atoms with Crippen molar-refractivity contribution >= 4 is 35.0 Å². The minimum atomic E-state index is -0.106. The van der Waals surface area contributed by atoms with E-state index in [1.54, 1.807) is 6.20 Å². The Bertz CT molecular complexity index is 475. The van der Waals surface area contributed by atoms with Crippen LogP contribution in [0.1, 0.15) is 5.56 Å². The van der Waals surface area contributed by atoms with E-state index in [-0.39, 0.29) is 17.7 Å². The Labute approximate surface area is 91.6 Å². The van der Waals surface area contributed by atoms with Crippen LogP contribution in [0.25, 0.3) is 11.0 Å². The molecule has 4 nitrogen and oxygen atoms in total. The summed E-state index contributed by atoms with van der Waals surface area (Å²) in [6.07, 6.45) is 3.02. The molecule has 0 saturated carbocycles. The predicted octanol–water partition coefficient (Wildman–Crippen LogP) is 1.65. The quantitative estimate of drug-likeness (QED) is 0.394. The molecule has 0 unspecified atom stereocenters. The fraction of sp³-hybridized carbons (Fsp3) is 0.125. The molecule has 74 valence electrons. The third kappa shape index (κ3) is 1.71. The van der Waals surface area contributed by atoms with Crippen molar-refractivity contribution in [3.63, 3.8) is 0 Å². The SMILES string of the molecule is Cc1ccnc2nc(Cl)[n+]([O-])cc12.Cl. The van der Waals surface area contributed by atoms with E-state index in [0.29, 0.717) is 10.4 Å². The van der Waals surface area contributed by atoms with Gasteiger partial charge in [-0.1, -0.05) is 0 Å². The molecule has 2 aromatic rings. The molecule has 14 heavy (non-hydrogen) atoms. The van der Waals surface area contributed by atoms with Crippen molar-refractivity contribution in [2.24, 2.45) is 0 Å². The first-order chi connectivity index (χ1) is 6.18. The normalized spacial score (nSPS) is 9.86. The number of fused-ring (bicyclic) bond motifs is 1. The van der Waals surface area contributed by atoms with Gasteiger partial charge in [0.15, 0.2) is 0 Å². The minimum absolute atomic E-state index is 0. The van der Waals surface area contributed by atoms with E-state index < -0.39 is 0 Å². The number of halogens is 2. The van der Waals surface area contributed by atoms with Crippen molar-refractivity contribution in [3.05, 3.63) is 34.5 Å². The number of nitrogens with zero attached hydrogens (tertiary/aromatic N) is 3. The van der Waals surface area contributed by atoms with Gasteiger partial charge in [0.1, 0.15) is 6.20 Å². The van der Waals surface area contributed by atoms with Crippen LogP contribution >= 0.6 is 24.0 Å². The molecule has 0 fully saturated rings. The number of aryl methyl sites for hydroxylation is 1. The first kappa shape index (κ1) is 10.9. The van der Waals surface area contributed by atoms with Crippen molar-refractivity contribution in [3.8, 4) is 0 Å². The van der Waals surface area contributed by atoms with E-state index in [4.69, 9.17) is 11.6 Å². The zero-order chi connectivity index (χ0) is 9.42. The van der Waals surface area contributed by atoms with Gasteiger partial charge in [-0.2, -0.15) is 0 Å². The Kier molecular flexibility index (Phi) is 3.08. The van der Waals surface area contributed by atoms with E-state index in [1.807, 2.05) is 13.0 Å². The molecule has 0 radical (unpaired) electrons. The van der Waals surface area contributed by atoms with Gasteiger partial charge in [-0.05, 0) is 23.5 Å². The van der Waals surface area contributed by atoms with Gasteiger partial charge in [0, 0.05) is 17.8 Å². The van der Waals surface area contributed by atoms with Crippen LogP contribution in [0.5, 0.6) is 0 Å². The molecule has 2 rings (SSSR count). The Balaban J connectivity index is 0.000000980. The van der Waals surface area contributed by atoms with Gasteiger partial charge in [0.2, 0.25) is 0 Å². The van der Waals surface area contributed by atoms with Crippen LogP contribution in [0.2, 0.25) is 5.28 Å². The topological polar surface area (TPSA) is 52.7 Å². The first-order valence-electron chi connectivity index (χ1n) is 3.69. The highest BCUT2D eigenvalue weighted by Crippen LogP contribution is 2.12. The lowest BCUT2D eigenvalue weighted by molar-refractivity contribution is -0.604. The average Bonchev–Trinajstić information content (AvgIpc) is 2.09. The van der Waals surface area contributed by atoms with Gasteiger partial charge >= 0.3 is 5.28 Å². The first-order valence-corrected chi connectivity index (χ1v) is 4.07. The van der Waals surface area contributed by atoms with Gasteiger partial charge in [-0.3, -0.25) is 0 Å². The molecule has 0 aliphatic rings. The molecule has 0 aliphatic carbocycles. The molecular formula is C8H7Cl2N3O. The van der Waals surface area contributed by atoms with E-state index >= 15 is 0 Å². The lowest BCUT2D eigenvalue weighted by Gasteiger charge is -2.02. The van der Waals surface area contributed by atoms with Crippen molar-refractivity contribution in [2.45, 2.75) is 6.92 Å². The summed E-state index contributed by atoms with van der Waals surface area (Å²) in [6, 6.07) is 1.82. The highest BCUT2D eigenvalue weighted by Gasteiger charge is 2.10. The Morgan fingerprint density at radius 3 is 2.93 bits per heavy atom. The summed E-state index contributed by atoms with van der Waals surface area (Å²) in [5.41, 5.74) is 1.45. The smallest absolute Gasteiger partial charge is 0.401 e. The zero-order valence-electron chi connectivity index (χ0n) is 7.27. The van der Waals surface area contributed by atoms with E-state index in [0.717, 1.165) is 10.9 Å². The third-order valence-electron chi connectivity index (χ3n) is 1.81. The number of aromatic nitrogens is 3. The van der Waals surface area contributed by atoms with Crippen LogP contribution in [-0.2, 0) is 0 Å². The highest BCUT2D eigenvalue weighted by atomic mass is 35.5. The molecule has 0 saturated heterocycles. The molecular weight excluding hydrogens is 225 g/mol. The summed E-state index contributed by atoms with van der Waals surface area (Å²) in [4.78, 5) is 7.84. The second-order valence-electron chi connectivity index (χ2n) is 2.70. The van der Waals surface area contributed by atoms with E-state index in [2.05, 4.69) is 9.97 Å². The molecule has 0 aromatic carbocycles. The fourth-order valence-electron chi connectivity index (χ4n) is 1.11. The second kappa shape index (κ2) is 3.94. The predicted molar refractivity (Wildman–Crippen MR) is 55.5 cm³/mol. The molecule has 0 spiro atoms. The van der Waals surface area contributed by atoms with Crippen LogP contribution < -0.4 is 4.73 Å². The van der Waals surface area contributed by atoms with Gasteiger partial charge in [0.25, 0.3) is 5.65 Å². The summed E-state index contributed by atoms with van der Waals surface area (Å²) < 4.78 is 0.526. The second-order valence-corrected chi connectivity index (χ2v) is 3.04. The average molecular weight is 232 g/mol. The largest absolute Gasteiger partial charge is 0.710 e. The molecule has 0 N–H and O–H groups in total. The molecule has 0 amide bonds. The maximum Gasteiger partial charge on any atom is 0.401 e. The summed E-state index contributed by atoms with van der Waals surface area (Å²) in [5, 5.41) is 11.7. The molecule has 0 bridgehead atoms. The molecule has 0 aliphatic heterocycles. The van der Waals surface area contributed by atoms with Crippen LogP contribution in [-0.4, -0.2) is 9.97 Å². The Morgan fingerprint density at radius 1 is 1.50 bits per heavy atom. The summed E-state index contributed by atoms with van der Waals surface area (Å²) in [5.74, 6) is 0. The highest BCUT2D eigenvalue weighted by molar-refractivity contribution is 6.27. The lowest BCUT2D eigenvalue weighted by atomic mass is 10.2.